The molecule has 4 aliphatic rings. The van der Waals surface area contributed by atoms with Gasteiger partial charge >= 0.3 is 0 Å². The zero-order valence-electron chi connectivity index (χ0n) is 19.9. The number of rotatable bonds is 3. The second kappa shape index (κ2) is 9.19. The molecular formula is C27H34N4O3. The lowest BCUT2D eigenvalue weighted by Crippen LogP contribution is -2.48. The van der Waals surface area contributed by atoms with Crippen LogP contribution in [0.5, 0.6) is 0 Å². The lowest BCUT2D eigenvalue weighted by Gasteiger charge is -2.40. The van der Waals surface area contributed by atoms with Crippen LogP contribution in [0.25, 0.3) is 0 Å². The van der Waals surface area contributed by atoms with Crippen LogP contribution in [0.15, 0.2) is 36.5 Å². The van der Waals surface area contributed by atoms with Crippen molar-refractivity contribution in [1.29, 1.82) is 0 Å². The average Bonchev–Trinajstić information content (AvgIpc) is 3.31. The number of nitrogens with zero attached hydrogens (tertiary/aromatic N) is 3. The quantitative estimate of drug-likeness (QED) is 0.717. The van der Waals surface area contributed by atoms with Crippen LogP contribution in [0.1, 0.15) is 50.5 Å². The van der Waals surface area contributed by atoms with E-state index in [2.05, 4.69) is 39.5 Å². The van der Waals surface area contributed by atoms with Crippen molar-refractivity contribution in [3.8, 4) is 0 Å². The maximum absolute atomic E-state index is 13.9. The van der Waals surface area contributed by atoms with E-state index in [1.54, 1.807) is 13.3 Å². The molecule has 7 nitrogen and oxygen atoms in total. The highest BCUT2D eigenvalue weighted by atomic mass is 16.5. The summed E-state index contributed by atoms with van der Waals surface area (Å²) in [4.78, 5) is 23.0. The third-order valence-corrected chi connectivity index (χ3v) is 8.18. The molecule has 34 heavy (non-hydrogen) atoms. The second-order valence-electron chi connectivity index (χ2n) is 10.1. The number of anilines is 4. The van der Waals surface area contributed by atoms with E-state index in [0.29, 0.717) is 18.7 Å². The first-order valence-electron chi connectivity index (χ1n) is 12.8. The van der Waals surface area contributed by atoms with E-state index < -0.39 is 0 Å². The third-order valence-electron chi connectivity index (χ3n) is 8.18. The SMILES string of the molecule is COC1CCC(C(=O)N2Cc3cccnc3Nc3ccc(N4CCO[C@@H]5CCC[C@H]54)cc32)CC1. The highest BCUT2D eigenvalue weighted by Gasteiger charge is 2.37. The summed E-state index contributed by atoms with van der Waals surface area (Å²) < 4.78 is 11.6. The van der Waals surface area contributed by atoms with Crippen molar-refractivity contribution in [2.75, 3.05) is 35.4 Å². The third kappa shape index (κ3) is 3.95. The first-order valence-corrected chi connectivity index (χ1v) is 12.8. The van der Waals surface area contributed by atoms with Crippen LogP contribution in [0.4, 0.5) is 22.9 Å². The molecule has 2 saturated carbocycles. The van der Waals surface area contributed by atoms with Crippen LogP contribution >= 0.6 is 0 Å². The minimum atomic E-state index is 0.0312. The number of methoxy groups -OCH3 is 1. The lowest BCUT2D eigenvalue weighted by atomic mass is 9.86. The Bertz CT molecular complexity index is 1050. The highest BCUT2D eigenvalue weighted by Crippen LogP contribution is 2.41. The van der Waals surface area contributed by atoms with E-state index in [4.69, 9.17) is 9.47 Å². The Hall–Kier alpha value is -2.64. The first kappa shape index (κ1) is 21.9. The predicted octanol–water partition coefficient (Wildman–Crippen LogP) is 4.63. The zero-order chi connectivity index (χ0) is 23.1. The predicted molar refractivity (Wildman–Crippen MR) is 133 cm³/mol. The maximum Gasteiger partial charge on any atom is 0.230 e. The number of pyridine rings is 1. The van der Waals surface area contributed by atoms with Gasteiger partial charge in [0.2, 0.25) is 5.91 Å². The van der Waals surface area contributed by atoms with E-state index >= 15 is 0 Å². The zero-order valence-corrected chi connectivity index (χ0v) is 19.9. The number of aromatic nitrogens is 1. The average molecular weight is 463 g/mol. The Labute approximate surface area is 201 Å². The van der Waals surface area contributed by atoms with Crippen LogP contribution in [0.3, 0.4) is 0 Å². The van der Waals surface area contributed by atoms with E-state index in [1.807, 2.05) is 11.0 Å². The number of fused-ring (bicyclic) bond motifs is 3. The fraction of sp³-hybridized carbons (Fsp3) is 0.556. The summed E-state index contributed by atoms with van der Waals surface area (Å²) >= 11 is 0. The Morgan fingerprint density at radius 1 is 1.15 bits per heavy atom. The van der Waals surface area contributed by atoms with Crippen LogP contribution in [-0.2, 0) is 20.8 Å². The molecule has 7 heteroatoms. The van der Waals surface area contributed by atoms with Gasteiger partial charge < -0.3 is 24.6 Å². The van der Waals surface area contributed by atoms with Crippen LogP contribution < -0.4 is 15.1 Å². The van der Waals surface area contributed by atoms with Crippen molar-refractivity contribution < 1.29 is 14.3 Å². The number of carbonyl (C=O) groups is 1. The molecule has 2 aromatic rings. The number of morpholine rings is 1. The van der Waals surface area contributed by atoms with Gasteiger partial charge in [-0.3, -0.25) is 4.79 Å². The van der Waals surface area contributed by atoms with Crippen molar-refractivity contribution in [2.24, 2.45) is 5.92 Å². The van der Waals surface area contributed by atoms with Crippen molar-refractivity contribution in [2.45, 2.75) is 69.7 Å². The molecule has 3 fully saturated rings. The summed E-state index contributed by atoms with van der Waals surface area (Å²) in [6.45, 7) is 2.19. The summed E-state index contributed by atoms with van der Waals surface area (Å²) in [5.41, 5.74) is 4.12. The fourth-order valence-electron chi connectivity index (χ4n) is 6.30. The summed E-state index contributed by atoms with van der Waals surface area (Å²) in [5.74, 6) is 1.08. The highest BCUT2D eigenvalue weighted by molar-refractivity contribution is 6.00. The van der Waals surface area contributed by atoms with Crippen molar-refractivity contribution in [3.63, 3.8) is 0 Å². The molecule has 2 aliphatic carbocycles. The van der Waals surface area contributed by atoms with Gasteiger partial charge in [0.1, 0.15) is 5.82 Å². The van der Waals surface area contributed by atoms with Gasteiger partial charge in [0.05, 0.1) is 42.8 Å². The fourth-order valence-corrected chi connectivity index (χ4v) is 6.30. The summed E-state index contributed by atoms with van der Waals surface area (Å²) in [6, 6.07) is 11.0. The van der Waals surface area contributed by atoms with E-state index in [9.17, 15) is 4.79 Å². The molecular weight excluding hydrogens is 428 g/mol. The number of nitrogens with one attached hydrogen (secondary N) is 1. The first-order chi connectivity index (χ1) is 16.7. The largest absolute Gasteiger partial charge is 0.381 e. The molecule has 2 atom stereocenters. The smallest absolute Gasteiger partial charge is 0.230 e. The molecule has 2 aliphatic heterocycles. The molecule has 1 aromatic heterocycles. The van der Waals surface area contributed by atoms with Crippen molar-refractivity contribution in [1.82, 2.24) is 4.98 Å². The standard InChI is InChI=1S/C27H34N4O3/c1-33-21-10-7-18(8-11-21)27(32)31-17-19-4-3-13-28-26(19)29-22-12-9-20(16-24(22)31)30-14-15-34-25-6-2-5-23(25)30/h3-4,9,12-13,16,18,21,23,25H,2,5-8,10-11,14-15,17H2,1H3,(H,28,29)/t18?,21?,23-,25-/m1/s1. The Morgan fingerprint density at radius 2 is 2.03 bits per heavy atom. The number of hydrogen-bond donors (Lipinski definition) is 1. The number of amides is 1. The molecule has 180 valence electrons. The Morgan fingerprint density at radius 3 is 2.88 bits per heavy atom. The summed E-state index contributed by atoms with van der Waals surface area (Å²) in [6.07, 6.45) is 9.58. The van der Waals surface area contributed by atoms with Gasteiger partial charge in [-0.25, -0.2) is 4.98 Å². The molecule has 0 spiro atoms. The molecule has 1 aromatic carbocycles. The monoisotopic (exact) mass is 462 g/mol. The van der Waals surface area contributed by atoms with E-state index in [1.165, 1.54) is 18.5 Å². The van der Waals surface area contributed by atoms with Gasteiger partial charge in [0.15, 0.2) is 0 Å². The summed E-state index contributed by atoms with van der Waals surface area (Å²) in [5, 5.41) is 3.52. The number of benzene rings is 1. The Kier molecular flexibility index (Phi) is 5.91. The normalized spacial score (nSPS) is 28.4. The van der Waals surface area contributed by atoms with Crippen LogP contribution in [0, 0.1) is 5.92 Å². The van der Waals surface area contributed by atoms with Gasteiger partial charge in [-0.2, -0.15) is 0 Å². The summed E-state index contributed by atoms with van der Waals surface area (Å²) in [7, 11) is 1.77. The van der Waals surface area contributed by atoms with E-state index in [-0.39, 0.29) is 17.9 Å². The van der Waals surface area contributed by atoms with Gasteiger partial charge in [-0.1, -0.05) is 6.07 Å². The number of carbonyl (C=O) groups excluding carboxylic acids is 1. The van der Waals surface area contributed by atoms with Gasteiger partial charge in [0, 0.05) is 37.0 Å². The minimum Gasteiger partial charge on any atom is -0.381 e. The second-order valence-corrected chi connectivity index (χ2v) is 10.1. The van der Waals surface area contributed by atoms with Gasteiger partial charge in [0.25, 0.3) is 0 Å². The number of hydrogen-bond acceptors (Lipinski definition) is 6. The van der Waals surface area contributed by atoms with E-state index in [0.717, 1.165) is 68.0 Å². The van der Waals surface area contributed by atoms with Crippen molar-refractivity contribution in [3.05, 3.63) is 42.1 Å². The molecule has 1 N–H and O–H groups in total. The minimum absolute atomic E-state index is 0.0312. The van der Waals surface area contributed by atoms with Crippen molar-refractivity contribution >= 4 is 28.8 Å². The maximum atomic E-state index is 13.9. The number of ether oxygens (including phenoxy) is 2. The lowest BCUT2D eigenvalue weighted by molar-refractivity contribution is -0.124. The van der Waals surface area contributed by atoms with Gasteiger partial charge in [-0.05, 0) is 69.2 Å². The van der Waals surface area contributed by atoms with Crippen LogP contribution in [0.2, 0.25) is 0 Å². The molecule has 0 bridgehead atoms. The molecule has 1 amide bonds. The molecule has 0 unspecified atom stereocenters. The van der Waals surface area contributed by atoms with Gasteiger partial charge in [-0.15, -0.1) is 0 Å². The molecule has 0 radical (unpaired) electrons. The molecule has 3 heterocycles. The van der Waals surface area contributed by atoms with Crippen LogP contribution in [-0.4, -0.2) is 49.4 Å². The molecule has 1 saturated heterocycles. The Balaban J connectivity index is 1.35. The molecule has 6 rings (SSSR count). The topological polar surface area (TPSA) is 66.9 Å².